The van der Waals surface area contributed by atoms with Gasteiger partial charge in [-0.15, -0.1) is 0 Å². The molecule has 0 aromatic heterocycles. The molecule has 0 aliphatic carbocycles. The minimum absolute atomic E-state index is 0.613. The molecule has 1 aromatic carbocycles. The van der Waals surface area contributed by atoms with Gasteiger partial charge in [0, 0.05) is 46.5 Å². The van der Waals surface area contributed by atoms with E-state index in [1.165, 1.54) is 22.4 Å². The molecule has 15 heavy (non-hydrogen) atoms. The molecule has 2 rings (SSSR count). The summed E-state index contributed by atoms with van der Waals surface area (Å²) in [6.45, 7) is 4.50. The SMILES string of the molecule is CC(C)c1cccc([P+]2(S)SCCS2)c1. The maximum absolute atomic E-state index is 4.92. The molecule has 0 unspecified atom stereocenters. The highest BCUT2D eigenvalue weighted by molar-refractivity contribution is 9.18. The lowest BCUT2D eigenvalue weighted by molar-refractivity contribution is 0.868. The summed E-state index contributed by atoms with van der Waals surface area (Å²) in [6.07, 6.45) is 0. The molecular weight excluding hydrogens is 259 g/mol. The smallest absolute Gasteiger partial charge is 0.0587 e. The fourth-order valence-electron chi connectivity index (χ4n) is 1.57. The fourth-order valence-corrected chi connectivity index (χ4v) is 12.1. The van der Waals surface area contributed by atoms with Crippen molar-refractivity contribution in [3.05, 3.63) is 29.8 Å². The minimum atomic E-state index is -1.21. The molecule has 0 N–H and O–H groups in total. The maximum Gasteiger partial charge on any atom is 0.219 e. The van der Waals surface area contributed by atoms with Crippen molar-refractivity contribution < 1.29 is 0 Å². The van der Waals surface area contributed by atoms with Crippen molar-refractivity contribution in [2.75, 3.05) is 11.5 Å². The van der Waals surface area contributed by atoms with E-state index < -0.39 is 4.87 Å². The van der Waals surface area contributed by atoms with Crippen LogP contribution in [0.2, 0.25) is 0 Å². The van der Waals surface area contributed by atoms with E-state index in [1.807, 2.05) is 0 Å². The molecule has 0 saturated carbocycles. The van der Waals surface area contributed by atoms with Crippen LogP contribution in [0, 0.1) is 0 Å². The molecule has 1 saturated heterocycles. The van der Waals surface area contributed by atoms with E-state index in [2.05, 4.69) is 60.9 Å². The molecule has 0 nitrogen and oxygen atoms in total. The number of rotatable bonds is 2. The predicted octanol–water partition coefficient (Wildman–Crippen LogP) is 4.61. The van der Waals surface area contributed by atoms with E-state index in [1.54, 1.807) is 0 Å². The Morgan fingerprint density at radius 2 is 1.93 bits per heavy atom. The van der Waals surface area contributed by atoms with Crippen LogP contribution in [0.4, 0.5) is 0 Å². The number of benzene rings is 1. The van der Waals surface area contributed by atoms with Gasteiger partial charge < -0.3 is 0 Å². The highest BCUT2D eigenvalue weighted by Gasteiger charge is 2.44. The summed E-state index contributed by atoms with van der Waals surface area (Å²) < 4.78 is 0. The molecule has 0 radical (unpaired) electrons. The molecule has 0 spiro atoms. The summed E-state index contributed by atoms with van der Waals surface area (Å²) in [4.78, 5) is -1.21. The Kier molecular flexibility index (Phi) is 3.98. The zero-order valence-electron chi connectivity index (χ0n) is 9.01. The van der Waals surface area contributed by atoms with Crippen molar-refractivity contribution >= 4 is 45.2 Å². The summed E-state index contributed by atoms with van der Waals surface area (Å²) in [5.74, 6) is 3.13. The molecule has 1 aliphatic rings. The van der Waals surface area contributed by atoms with Gasteiger partial charge in [0.25, 0.3) is 0 Å². The third-order valence-electron chi connectivity index (χ3n) is 2.48. The first-order chi connectivity index (χ1) is 7.12. The van der Waals surface area contributed by atoms with Gasteiger partial charge in [-0.05, 0) is 23.6 Å². The standard InChI is InChI=1S/C11H16PS3/c1-9(2)10-4-3-5-11(8-10)12(13)14-6-7-15-12/h3-5,8-9,13H,6-7H2,1-2H3/q+1. The van der Waals surface area contributed by atoms with Gasteiger partial charge in [0.15, 0.2) is 0 Å². The van der Waals surface area contributed by atoms with Gasteiger partial charge in [0.05, 0.1) is 0 Å². The van der Waals surface area contributed by atoms with E-state index in [4.69, 9.17) is 12.2 Å². The highest BCUT2D eigenvalue weighted by Crippen LogP contribution is 2.85. The average molecular weight is 275 g/mol. The molecule has 0 amide bonds. The fraction of sp³-hybridized carbons (Fsp3) is 0.455. The van der Waals surface area contributed by atoms with Gasteiger partial charge in [-0.3, -0.25) is 0 Å². The molecule has 0 atom stereocenters. The topological polar surface area (TPSA) is 0 Å². The van der Waals surface area contributed by atoms with Crippen molar-refractivity contribution in [1.82, 2.24) is 0 Å². The molecule has 1 aromatic rings. The van der Waals surface area contributed by atoms with E-state index >= 15 is 0 Å². The van der Waals surface area contributed by atoms with Crippen LogP contribution in [0.15, 0.2) is 24.3 Å². The van der Waals surface area contributed by atoms with Crippen LogP contribution < -0.4 is 5.30 Å². The van der Waals surface area contributed by atoms with E-state index in [0.717, 1.165) is 0 Å². The van der Waals surface area contributed by atoms with Crippen LogP contribution in [0.25, 0.3) is 0 Å². The maximum atomic E-state index is 4.92. The molecular formula is C11H16PS3+. The number of thiol groups is 1. The first-order valence-corrected chi connectivity index (χ1v) is 11.3. The van der Waals surface area contributed by atoms with Crippen molar-refractivity contribution in [2.24, 2.45) is 0 Å². The van der Waals surface area contributed by atoms with E-state index in [0.29, 0.717) is 5.92 Å². The van der Waals surface area contributed by atoms with E-state index in [-0.39, 0.29) is 0 Å². The Morgan fingerprint density at radius 3 is 2.53 bits per heavy atom. The molecule has 0 bridgehead atoms. The minimum Gasteiger partial charge on any atom is -0.0587 e. The number of hydrogen-bond acceptors (Lipinski definition) is 3. The summed E-state index contributed by atoms with van der Waals surface area (Å²) in [5, 5.41) is 1.46. The summed E-state index contributed by atoms with van der Waals surface area (Å²) in [5.41, 5.74) is 1.44. The van der Waals surface area contributed by atoms with Crippen LogP contribution >= 0.6 is 39.9 Å². The second kappa shape index (κ2) is 4.91. The second-order valence-electron chi connectivity index (χ2n) is 3.94. The monoisotopic (exact) mass is 275 g/mol. The van der Waals surface area contributed by atoms with Crippen LogP contribution in [0.5, 0.6) is 0 Å². The summed E-state index contributed by atoms with van der Waals surface area (Å²) >= 11 is 9.04. The van der Waals surface area contributed by atoms with Crippen LogP contribution in [0.1, 0.15) is 25.3 Å². The van der Waals surface area contributed by atoms with Crippen molar-refractivity contribution in [2.45, 2.75) is 19.8 Å². The third-order valence-corrected chi connectivity index (χ3v) is 14.3. The highest BCUT2D eigenvalue weighted by atomic mass is 33.4. The zero-order valence-corrected chi connectivity index (χ0v) is 12.4. The van der Waals surface area contributed by atoms with Gasteiger partial charge in [-0.2, -0.15) is 0 Å². The summed E-state index contributed by atoms with van der Waals surface area (Å²) in [7, 11) is 0. The Morgan fingerprint density at radius 1 is 1.27 bits per heavy atom. The third kappa shape index (κ3) is 2.69. The summed E-state index contributed by atoms with van der Waals surface area (Å²) in [6, 6.07) is 9.01. The Labute approximate surface area is 106 Å². The first-order valence-electron chi connectivity index (χ1n) is 5.13. The van der Waals surface area contributed by atoms with Gasteiger partial charge in [-0.1, -0.05) is 26.0 Å². The van der Waals surface area contributed by atoms with Gasteiger partial charge in [0.2, 0.25) is 4.87 Å². The van der Waals surface area contributed by atoms with Crippen LogP contribution in [-0.2, 0) is 0 Å². The molecule has 4 heteroatoms. The van der Waals surface area contributed by atoms with Gasteiger partial charge in [-0.25, -0.2) is 0 Å². The lowest BCUT2D eigenvalue weighted by Gasteiger charge is -2.12. The quantitative estimate of drug-likeness (QED) is 0.618. The number of hydrogen-bond donors (Lipinski definition) is 1. The van der Waals surface area contributed by atoms with Crippen molar-refractivity contribution in [3.63, 3.8) is 0 Å². The Hall–Kier alpha value is 0.700. The van der Waals surface area contributed by atoms with E-state index in [9.17, 15) is 0 Å². The lowest BCUT2D eigenvalue weighted by atomic mass is 10.0. The lowest BCUT2D eigenvalue weighted by Crippen LogP contribution is -2.02. The largest absolute Gasteiger partial charge is 0.219 e. The first kappa shape index (κ1) is 12.2. The van der Waals surface area contributed by atoms with Crippen molar-refractivity contribution in [3.8, 4) is 0 Å². The van der Waals surface area contributed by atoms with Crippen LogP contribution in [0.3, 0.4) is 0 Å². The Bertz CT molecular complexity index is 345. The van der Waals surface area contributed by atoms with Crippen LogP contribution in [-0.4, -0.2) is 11.5 Å². The second-order valence-corrected chi connectivity index (χ2v) is 15.8. The Balaban J connectivity index is 2.31. The van der Waals surface area contributed by atoms with Gasteiger partial charge >= 0.3 is 0 Å². The predicted molar refractivity (Wildman–Crippen MR) is 81.0 cm³/mol. The average Bonchev–Trinajstić information content (AvgIpc) is 2.67. The molecule has 82 valence electrons. The molecule has 1 heterocycles. The normalized spacial score (nSPS) is 19.7. The van der Waals surface area contributed by atoms with Gasteiger partial charge in [0.1, 0.15) is 5.30 Å². The zero-order chi connectivity index (χ0) is 10.9. The molecule has 1 aliphatic heterocycles. The molecule has 1 fully saturated rings. The van der Waals surface area contributed by atoms with Crippen molar-refractivity contribution in [1.29, 1.82) is 0 Å².